The van der Waals surface area contributed by atoms with Gasteiger partial charge in [-0.1, -0.05) is 35.5 Å². The molecular formula is C16H15N3O2S2. The minimum atomic E-state index is -0.340. The summed E-state index contributed by atoms with van der Waals surface area (Å²) in [4.78, 5) is 13.1. The summed E-state index contributed by atoms with van der Waals surface area (Å²) in [5.74, 6) is 0.378. The lowest BCUT2D eigenvalue weighted by Gasteiger charge is -2.09. The van der Waals surface area contributed by atoms with Gasteiger partial charge in [0.25, 0.3) is 11.1 Å². The molecule has 0 saturated heterocycles. The Morgan fingerprint density at radius 3 is 2.74 bits per heavy atom. The molecule has 1 amide bonds. The fraction of sp³-hybridized carbons (Fsp3) is 0.188. The van der Waals surface area contributed by atoms with Gasteiger partial charge in [-0.25, -0.2) is 0 Å². The number of thiophene rings is 1. The van der Waals surface area contributed by atoms with Crippen LogP contribution in [0, 0.1) is 6.92 Å². The van der Waals surface area contributed by atoms with Crippen LogP contribution in [0.1, 0.15) is 12.5 Å². The lowest BCUT2D eigenvalue weighted by atomic mass is 10.2. The Labute approximate surface area is 142 Å². The number of amides is 1. The Kier molecular flexibility index (Phi) is 4.78. The van der Waals surface area contributed by atoms with E-state index in [0.717, 1.165) is 16.1 Å². The predicted octanol–water partition coefficient (Wildman–Crippen LogP) is 4.23. The number of carbonyl (C=O) groups is 1. The van der Waals surface area contributed by atoms with Crippen molar-refractivity contribution in [1.82, 2.24) is 10.2 Å². The van der Waals surface area contributed by atoms with E-state index in [1.807, 2.05) is 55.6 Å². The van der Waals surface area contributed by atoms with E-state index in [4.69, 9.17) is 4.42 Å². The highest BCUT2D eigenvalue weighted by molar-refractivity contribution is 8.00. The molecular weight excluding hydrogens is 330 g/mol. The smallest absolute Gasteiger partial charge is 0.277 e. The molecule has 0 spiro atoms. The molecule has 7 heteroatoms. The van der Waals surface area contributed by atoms with Gasteiger partial charge in [-0.15, -0.1) is 21.5 Å². The average molecular weight is 345 g/mol. The number of hydrogen-bond donors (Lipinski definition) is 1. The summed E-state index contributed by atoms with van der Waals surface area (Å²) in [6.45, 7) is 3.81. The van der Waals surface area contributed by atoms with Crippen LogP contribution >= 0.6 is 23.1 Å². The van der Waals surface area contributed by atoms with Crippen LogP contribution in [0.4, 0.5) is 5.69 Å². The van der Waals surface area contributed by atoms with Crippen LogP contribution in [0.15, 0.2) is 51.4 Å². The first-order chi connectivity index (χ1) is 11.1. The lowest BCUT2D eigenvalue weighted by molar-refractivity contribution is -0.115. The van der Waals surface area contributed by atoms with Gasteiger partial charge in [0.05, 0.1) is 10.1 Å². The van der Waals surface area contributed by atoms with Crippen LogP contribution in [0.5, 0.6) is 0 Å². The van der Waals surface area contributed by atoms with E-state index in [1.54, 1.807) is 0 Å². The molecule has 23 heavy (non-hydrogen) atoms. The molecule has 0 bridgehead atoms. The number of aryl methyl sites for hydroxylation is 1. The van der Waals surface area contributed by atoms with Gasteiger partial charge in [-0.2, -0.15) is 0 Å². The molecule has 5 nitrogen and oxygen atoms in total. The van der Waals surface area contributed by atoms with Crippen molar-refractivity contribution in [3.8, 4) is 10.8 Å². The summed E-state index contributed by atoms with van der Waals surface area (Å²) >= 11 is 2.78. The van der Waals surface area contributed by atoms with Gasteiger partial charge in [0, 0.05) is 5.69 Å². The van der Waals surface area contributed by atoms with Gasteiger partial charge in [-0.3, -0.25) is 4.79 Å². The van der Waals surface area contributed by atoms with Crippen LogP contribution in [-0.2, 0) is 4.79 Å². The molecule has 0 aliphatic carbocycles. The summed E-state index contributed by atoms with van der Waals surface area (Å²) in [6.07, 6.45) is 0. The predicted molar refractivity (Wildman–Crippen MR) is 92.7 cm³/mol. The maximum atomic E-state index is 12.2. The van der Waals surface area contributed by atoms with Crippen LogP contribution in [0.3, 0.4) is 0 Å². The van der Waals surface area contributed by atoms with Crippen LogP contribution in [-0.4, -0.2) is 21.4 Å². The number of nitrogens with zero attached hydrogens (tertiary/aromatic N) is 2. The summed E-state index contributed by atoms with van der Waals surface area (Å²) < 4.78 is 5.59. The molecule has 2 aromatic heterocycles. The van der Waals surface area contributed by atoms with Crippen LogP contribution in [0.2, 0.25) is 0 Å². The van der Waals surface area contributed by atoms with Crippen molar-refractivity contribution < 1.29 is 9.21 Å². The normalized spacial score (nSPS) is 12.1. The molecule has 0 saturated carbocycles. The van der Waals surface area contributed by atoms with Gasteiger partial charge in [0.2, 0.25) is 5.91 Å². The zero-order chi connectivity index (χ0) is 16.2. The lowest BCUT2D eigenvalue weighted by Crippen LogP contribution is -2.22. The summed E-state index contributed by atoms with van der Waals surface area (Å²) in [7, 11) is 0. The van der Waals surface area contributed by atoms with Gasteiger partial charge in [-0.05, 0) is 37.4 Å². The molecule has 0 radical (unpaired) electrons. The molecule has 0 unspecified atom stereocenters. The molecule has 1 atom stereocenters. The topological polar surface area (TPSA) is 68.0 Å². The highest BCUT2D eigenvalue weighted by atomic mass is 32.2. The van der Waals surface area contributed by atoms with Gasteiger partial charge >= 0.3 is 0 Å². The van der Waals surface area contributed by atoms with E-state index in [-0.39, 0.29) is 11.2 Å². The van der Waals surface area contributed by atoms with Crippen molar-refractivity contribution in [2.45, 2.75) is 24.3 Å². The fourth-order valence-electron chi connectivity index (χ4n) is 1.84. The average Bonchev–Trinajstić information content (AvgIpc) is 3.20. The fourth-order valence-corrected chi connectivity index (χ4v) is 3.17. The second kappa shape index (κ2) is 6.97. The molecule has 3 aromatic rings. The van der Waals surface area contributed by atoms with Crippen molar-refractivity contribution in [1.29, 1.82) is 0 Å². The zero-order valence-corrected chi connectivity index (χ0v) is 14.3. The first-order valence-electron chi connectivity index (χ1n) is 7.03. The molecule has 118 valence electrons. The van der Waals surface area contributed by atoms with Crippen molar-refractivity contribution in [2.24, 2.45) is 0 Å². The van der Waals surface area contributed by atoms with Crippen molar-refractivity contribution in [3.63, 3.8) is 0 Å². The minimum Gasteiger partial charge on any atom is -0.410 e. The second-order valence-corrected chi connectivity index (χ2v) is 7.21. The number of carbonyl (C=O) groups excluding carboxylic acids is 1. The number of thioether (sulfide) groups is 1. The number of nitrogens with one attached hydrogen (secondary N) is 1. The Bertz CT molecular complexity index is 782. The van der Waals surface area contributed by atoms with E-state index >= 15 is 0 Å². The van der Waals surface area contributed by atoms with E-state index < -0.39 is 0 Å². The molecule has 1 N–H and O–H groups in total. The number of aromatic nitrogens is 2. The SMILES string of the molecule is Cc1ccc(NC(=O)[C@@H](C)Sc2nnc(-c3cccs3)o2)cc1. The van der Waals surface area contributed by atoms with Crippen LogP contribution < -0.4 is 5.32 Å². The third-order valence-electron chi connectivity index (χ3n) is 3.10. The molecule has 2 heterocycles. The van der Waals surface area contributed by atoms with E-state index in [2.05, 4.69) is 15.5 Å². The Hall–Kier alpha value is -2.12. The maximum absolute atomic E-state index is 12.2. The summed E-state index contributed by atoms with van der Waals surface area (Å²) in [5, 5.41) is 12.9. The standard InChI is InChI=1S/C16H15N3O2S2/c1-10-5-7-12(8-6-10)17-14(20)11(2)23-16-19-18-15(21-16)13-4-3-9-22-13/h3-9,11H,1-2H3,(H,17,20)/t11-/m1/s1. The molecule has 1 aromatic carbocycles. The van der Waals surface area contributed by atoms with Gasteiger partial charge < -0.3 is 9.73 Å². The number of anilines is 1. The van der Waals surface area contributed by atoms with Crippen molar-refractivity contribution >= 4 is 34.7 Å². The minimum absolute atomic E-state index is 0.102. The third-order valence-corrected chi connectivity index (χ3v) is 4.90. The van der Waals surface area contributed by atoms with Gasteiger partial charge in [0.1, 0.15) is 0 Å². The van der Waals surface area contributed by atoms with Crippen molar-refractivity contribution in [2.75, 3.05) is 5.32 Å². The third kappa shape index (κ3) is 4.00. The van der Waals surface area contributed by atoms with E-state index in [9.17, 15) is 4.79 Å². The second-order valence-electron chi connectivity index (χ2n) is 4.97. The zero-order valence-electron chi connectivity index (χ0n) is 12.6. The Morgan fingerprint density at radius 1 is 1.26 bits per heavy atom. The monoisotopic (exact) mass is 345 g/mol. The quantitative estimate of drug-likeness (QED) is 0.701. The highest BCUT2D eigenvalue weighted by Gasteiger charge is 2.19. The highest BCUT2D eigenvalue weighted by Crippen LogP contribution is 2.28. The Morgan fingerprint density at radius 2 is 2.04 bits per heavy atom. The molecule has 0 fully saturated rings. The number of benzene rings is 1. The van der Waals surface area contributed by atoms with Crippen molar-refractivity contribution in [3.05, 3.63) is 47.3 Å². The van der Waals surface area contributed by atoms with E-state index in [1.165, 1.54) is 23.1 Å². The maximum Gasteiger partial charge on any atom is 0.277 e. The molecule has 0 aliphatic rings. The van der Waals surface area contributed by atoms with Crippen LogP contribution in [0.25, 0.3) is 10.8 Å². The Balaban J connectivity index is 1.61. The van der Waals surface area contributed by atoms with Gasteiger partial charge in [0.15, 0.2) is 0 Å². The number of hydrogen-bond acceptors (Lipinski definition) is 6. The largest absolute Gasteiger partial charge is 0.410 e. The summed E-state index contributed by atoms with van der Waals surface area (Å²) in [5.41, 5.74) is 1.93. The molecule has 0 aliphatic heterocycles. The molecule has 3 rings (SSSR count). The number of rotatable bonds is 5. The van der Waals surface area contributed by atoms with E-state index in [0.29, 0.717) is 11.1 Å². The first-order valence-corrected chi connectivity index (χ1v) is 8.79. The first kappa shape index (κ1) is 15.8. The summed E-state index contributed by atoms with van der Waals surface area (Å²) in [6, 6.07) is 11.5.